The fraction of sp³-hybridized carbons (Fsp3) is 0.429. The van der Waals surface area contributed by atoms with Crippen LogP contribution in [0, 0.1) is 0 Å². The fourth-order valence-corrected chi connectivity index (χ4v) is 4.10. The first kappa shape index (κ1) is 30.4. The standard InChI is InChI=1S/C28H38N2O2.2BrH/c31-21-5-11-27-9-3-19-29(23-27)17-1-7-25-13-15-26(16-14-25)8-2-18-30-20-4-10-28(24-30)12-6-22-32;;/h3-4,9-10,13-16,19-20,23-24,31-32H,1-2,5-8,11-12,17-18,21-22H2;2*1H/q+2;;/p-2. The van der Waals surface area contributed by atoms with Crippen molar-refractivity contribution < 1.29 is 53.3 Å². The molecular weight excluding hydrogens is 556 g/mol. The van der Waals surface area contributed by atoms with Crippen molar-refractivity contribution in [1.29, 1.82) is 0 Å². The molecule has 1 aromatic carbocycles. The maximum absolute atomic E-state index is 9.00. The van der Waals surface area contributed by atoms with E-state index in [-0.39, 0.29) is 47.2 Å². The minimum absolute atomic E-state index is 0. The molecule has 3 aromatic rings. The van der Waals surface area contributed by atoms with Crippen molar-refractivity contribution in [3.63, 3.8) is 0 Å². The van der Waals surface area contributed by atoms with Crippen molar-refractivity contribution in [2.75, 3.05) is 13.2 Å². The van der Waals surface area contributed by atoms with E-state index in [2.05, 4.69) is 82.5 Å². The van der Waals surface area contributed by atoms with Gasteiger partial charge in [0.25, 0.3) is 0 Å². The largest absolute Gasteiger partial charge is 1.00 e. The molecule has 0 spiro atoms. The van der Waals surface area contributed by atoms with Crippen molar-refractivity contribution in [2.24, 2.45) is 0 Å². The van der Waals surface area contributed by atoms with Gasteiger partial charge in [-0.05, 0) is 61.8 Å². The van der Waals surface area contributed by atoms with Crippen LogP contribution in [0.3, 0.4) is 0 Å². The maximum Gasteiger partial charge on any atom is 0.171 e. The summed E-state index contributed by atoms with van der Waals surface area (Å²) in [7, 11) is 0. The number of rotatable bonds is 14. The molecule has 186 valence electrons. The summed E-state index contributed by atoms with van der Waals surface area (Å²) >= 11 is 0. The van der Waals surface area contributed by atoms with Gasteiger partial charge in [0.15, 0.2) is 24.8 Å². The molecule has 0 bridgehead atoms. The molecule has 2 N–H and O–H groups in total. The Labute approximate surface area is 225 Å². The summed E-state index contributed by atoms with van der Waals surface area (Å²) in [6, 6.07) is 17.6. The molecule has 2 aromatic heterocycles. The lowest BCUT2D eigenvalue weighted by Crippen LogP contribution is -3.00. The Bertz CT molecular complexity index is 859. The van der Waals surface area contributed by atoms with Gasteiger partial charge in [0.1, 0.15) is 13.1 Å². The van der Waals surface area contributed by atoms with E-state index in [1.165, 1.54) is 22.3 Å². The van der Waals surface area contributed by atoms with Gasteiger partial charge < -0.3 is 44.2 Å². The summed E-state index contributed by atoms with van der Waals surface area (Å²) in [5.74, 6) is 0. The van der Waals surface area contributed by atoms with E-state index in [0.29, 0.717) is 0 Å². The van der Waals surface area contributed by atoms with Crippen LogP contribution in [-0.4, -0.2) is 23.4 Å². The van der Waals surface area contributed by atoms with E-state index >= 15 is 0 Å². The highest BCUT2D eigenvalue weighted by atomic mass is 79.9. The van der Waals surface area contributed by atoms with Gasteiger partial charge in [0.2, 0.25) is 0 Å². The zero-order valence-corrected chi connectivity index (χ0v) is 23.1. The van der Waals surface area contributed by atoms with Gasteiger partial charge in [0, 0.05) is 49.3 Å². The molecule has 0 fully saturated rings. The van der Waals surface area contributed by atoms with E-state index in [1.54, 1.807) is 0 Å². The summed E-state index contributed by atoms with van der Waals surface area (Å²) < 4.78 is 4.52. The Balaban J connectivity index is 0.00000289. The van der Waals surface area contributed by atoms with E-state index in [9.17, 15) is 0 Å². The highest BCUT2D eigenvalue weighted by Crippen LogP contribution is 2.09. The van der Waals surface area contributed by atoms with Gasteiger partial charge in [-0.3, -0.25) is 0 Å². The summed E-state index contributed by atoms with van der Waals surface area (Å²) in [6.07, 6.45) is 16.6. The molecule has 3 rings (SSSR count). The molecule has 0 saturated heterocycles. The number of pyridine rings is 2. The normalized spacial score (nSPS) is 10.4. The lowest BCUT2D eigenvalue weighted by Gasteiger charge is -2.04. The number of halogens is 2. The average molecular weight is 594 g/mol. The SMILES string of the molecule is OCCCc1ccc[n+](CCCc2ccc(CCC[n+]3cccc(CCCO)c3)cc2)c1.[Br-].[Br-]. The molecule has 0 saturated carbocycles. The van der Waals surface area contributed by atoms with Crippen LogP contribution in [0.15, 0.2) is 73.3 Å². The Morgan fingerprint density at radius 2 is 0.882 bits per heavy atom. The van der Waals surface area contributed by atoms with E-state index < -0.39 is 0 Å². The van der Waals surface area contributed by atoms with E-state index in [0.717, 1.165) is 64.5 Å². The number of benzene rings is 1. The quantitative estimate of drug-likeness (QED) is 0.201. The second-order valence-electron chi connectivity index (χ2n) is 8.58. The summed E-state index contributed by atoms with van der Waals surface area (Å²) in [6.45, 7) is 2.54. The van der Waals surface area contributed by atoms with Gasteiger partial charge in [-0.1, -0.05) is 24.3 Å². The molecule has 0 aliphatic rings. The van der Waals surface area contributed by atoms with Crippen LogP contribution in [0.5, 0.6) is 0 Å². The Hall–Kier alpha value is -1.60. The molecule has 0 unspecified atom stereocenters. The van der Waals surface area contributed by atoms with Gasteiger partial charge in [-0.25, -0.2) is 9.13 Å². The molecule has 0 aliphatic heterocycles. The van der Waals surface area contributed by atoms with Crippen molar-refractivity contribution in [1.82, 2.24) is 0 Å². The molecule has 6 heteroatoms. The minimum atomic E-state index is 0. The summed E-state index contributed by atoms with van der Waals surface area (Å²) in [4.78, 5) is 0. The van der Waals surface area contributed by atoms with Crippen molar-refractivity contribution >= 4 is 0 Å². The fourth-order valence-electron chi connectivity index (χ4n) is 4.10. The molecule has 4 nitrogen and oxygen atoms in total. The molecule has 0 aliphatic carbocycles. The monoisotopic (exact) mass is 592 g/mol. The summed E-state index contributed by atoms with van der Waals surface area (Å²) in [5, 5.41) is 18.0. The first-order valence-corrected chi connectivity index (χ1v) is 12.0. The predicted octanol–water partition coefficient (Wildman–Crippen LogP) is -2.61. The number of hydrogen-bond acceptors (Lipinski definition) is 2. The Morgan fingerprint density at radius 1 is 0.500 bits per heavy atom. The number of hydrogen-bond donors (Lipinski definition) is 2. The van der Waals surface area contributed by atoms with Crippen LogP contribution in [-0.2, 0) is 38.8 Å². The van der Waals surface area contributed by atoms with E-state index in [1.807, 2.05) is 0 Å². The summed E-state index contributed by atoms with van der Waals surface area (Å²) in [5.41, 5.74) is 5.38. The molecular formula is C28H38Br2N2O2. The van der Waals surface area contributed by atoms with Gasteiger partial charge in [0.05, 0.1) is 0 Å². The zero-order valence-electron chi connectivity index (χ0n) is 20.0. The topological polar surface area (TPSA) is 48.2 Å². The lowest BCUT2D eigenvalue weighted by atomic mass is 10.0. The highest BCUT2D eigenvalue weighted by molar-refractivity contribution is 5.22. The van der Waals surface area contributed by atoms with Crippen LogP contribution in [0.1, 0.15) is 47.9 Å². The van der Waals surface area contributed by atoms with Gasteiger partial charge in [-0.2, -0.15) is 0 Å². The first-order chi connectivity index (χ1) is 15.8. The molecule has 0 amide bonds. The third kappa shape index (κ3) is 11.2. The smallest absolute Gasteiger partial charge is 0.171 e. The van der Waals surface area contributed by atoms with Crippen LogP contribution >= 0.6 is 0 Å². The van der Waals surface area contributed by atoms with Gasteiger partial charge in [-0.15, -0.1) is 0 Å². The average Bonchev–Trinajstić information content (AvgIpc) is 2.83. The van der Waals surface area contributed by atoms with Crippen LogP contribution < -0.4 is 43.1 Å². The maximum atomic E-state index is 9.00. The van der Waals surface area contributed by atoms with Crippen LogP contribution in [0.25, 0.3) is 0 Å². The second-order valence-corrected chi connectivity index (χ2v) is 8.58. The number of aliphatic hydroxyl groups is 2. The van der Waals surface area contributed by atoms with Gasteiger partial charge >= 0.3 is 0 Å². The molecule has 2 heterocycles. The van der Waals surface area contributed by atoms with Crippen LogP contribution in [0.2, 0.25) is 0 Å². The van der Waals surface area contributed by atoms with Crippen molar-refractivity contribution in [2.45, 2.75) is 64.5 Å². The van der Waals surface area contributed by atoms with Crippen molar-refractivity contribution in [3.05, 3.63) is 95.6 Å². The predicted molar refractivity (Wildman–Crippen MR) is 127 cm³/mol. The van der Waals surface area contributed by atoms with E-state index in [4.69, 9.17) is 10.2 Å². The highest BCUT2D eigenvalue weighted by Gasteiger charge is 2.05. The van der Waals surface area contributed by atoms with Crippen molar-refractivity contribution in [3.8, 4) is 0 Å². The number of aromatic nitrogens is 2. The first-order valence-electron chi connectivity index (χ1n) is 12.0. The Kier molecular flexibility index (Phi) is 15.9. The zero-order chi connectivity index (χ0) is 22.4. The minimum Gasteiger partial charge on any atom is -1.00 e. The second kappa shape index (κ2) is 17.8. The number of nitrogens with zero attached hydrogens (tertiary/aromatic N) is 2. The third-order valence-corrected chi connectivity index (χ3v) is 5.87. The molecule has 34 heavy (non-hydrogen) atoms. The third-order valence-electron chi connectivity index (χ3n) is 5.87. The Morgan fingerprint density at radius 3 is 1.26 bits per heavy atom. The molecule has 0 atom stereocenters. The lowest BCUT2D eigenvalue weighted by molar-refractivity contribution is -0.697. The molecule has 0 radical (unpaired) electrons. The van der Waals surface area contributed by atoms with Crippen LogP contribution in [0.4, 0.5) is 0 Å². The number of aliphatic hydroxyl groups excluding tert-OH is 2. The number of aryl methyl sites for hydroxylation is 6.